The summed E-state index contributed by atoms with van der Waals surface area (Å²) in [5.41, 5.74) is 0.588. The number of nitrogens with one attached hydrogen (secondary N) is 1. The maximum Gasteiger partial charge on any atom is 0.416 e. The van der Waals surface area contributed by atoms with E-state index in [0.29, 0.717) is 16.9 Å². The molecule has 0 aliphatic rings. The molecule has 6 heteroatoms. The minimum atomic E-state index is -4.40. The lowest BCUT2D eigenvalue weighted by molar-refractivity contribution is -0.138. The molecular weight excluding hydrogens is 301 g/mol. The van der Waals surface area contributed by atoms with Gasteiger partial charge in [0, 0.05) is 11.4 Å². The number of hydrogen-bond donors (Lipinski definition) is 1. The molecular formula is C15H10ClF3N2. The van der Waals surface area contributed by atoms with Crippen LogP contribution < -0.4 is 5.32 Å². The monoisotopic (exact) mass is 310 g/mol. The van der Waals surface area contributed by atoms with Gasteiger partial charge in [0.1, 0.15) is 6.07 Å². The van der Waals surface area contributed by atoms with Crippen LogP contribution in [0.25, 0.3) is 0 Å². The fourth-order valence-corrected chi connectivity index (χ4v) is 2.08. The second-order valence-corrected chi connectivity index (χ2v) is 4.87. The van der Waals surface area contributed by atoms with E-state index in [-0.39, 0.29) is 10.6 Å². The molecule has 0 spiro atoms. The van der Waals surface area contributed by atoms with Gasteiger partial charge in [-0.1, -0.05) is 17.7 Å². The zero-order valence-corrected chi connectivity index (χ0v) is 11.7. The van der Waals surface area contributed by atoms with Crippen molar-refractivity contribution < 1.29 is 13.2 Å². The lowest BCUT2D eigenvalue weighted by Crippen LogP contribution is -2.08. The van der Waals surface area contributed by atoms with Crippen LogP contribution in [0.1, 0.15) is 16.7 Å². The quantitative estimate of drug-likeness (QED) is 0.819. The van der Waals surface area contributed by atoms with Crippen LogP contribution >= 0.6 is 11.6 Å². The minimum Gasteiger partial charge on any atom is -0.355 e. The molecule has 0 radical (unpaired) electrons. The third kappa shape index (κ3) is 3.47. The first-order valence-electron chi connectivity index (χ1n) is 5.96. The number of anilines is 2. The molecule has 0 unspecified atom stereocenters. The number of hydrogen-bond acceptors (Lipinski definition) is 2. The number of aryl methyl sites for hydroxylation is 1. The highest BCUT2D eigenvalue weighted by molar-refractivity contribution is 6.32. The van der Waals surface area contributed by atoms with Gasteiger partial charge in [-0.2, -0.15) is 18.4 Å². The Morgan fingerprint density at radius 3 is 2.29 bits per heavy atom. The highest BCUT2D eigenvalue weighted by Crippen LogP contribution is 2.34. The van der Waals surface area contributed by atoms with Crippen molar-refractivity contribution >= 4 is 23.0 Å². The normalized spacial score (nSPS) is 11.0. The Morgan fingerprint density at radius 2 is 1.71 bits per heavy atom. The minimum absolute atomic E-state index is 0.158. The summed E-state index contributed by atoms with van der Waals surface area (Å²) in [5, 5.41) is 11.9. The first-order chi connectivity index (χ1) is 9.81. The zero-order chi connectivity index (χ0) is 15.6. The molecule has 0 fully saturated rings. The first-order valence-corrected chi connectivity index (χ1v) is 6.33. The van der Waals surface area contributed by atoms with E-state index in [0.717, 1.165) is 6.07 Å². The highest BCUT2D eigenvalue weighted by Gasteiger charge is 2.32. The fourth-order valence-electron chi connectivity index (χ4n) is 1.86. The third-order valence-corrected chi connectivity index (χ3v) is 3.23. The van der Waals surface area contributed by atoms with E-state index < -0.39 is 11.7 Å². The summed E-state index contributed by atoms with van der Waals surface area (Å²) >= 11 is 5.88. The topological polar surface area (TPSA) is 35.8 Å². The number of halogens is 4. The van der Waals surface area contributed by atoms with Crippen molar-refractivity contribution in [1.29, 1.82) is 5.26 Å². The molecule has 0 bridgehead atoms. The maximum atomic E-state index is 12.8. The average molecular weight is 311 g/mol. The van der Waals surface area contributed by atoms with Crippen LogP contribution in [0.15, 0.2) is 36.4 Å². The molecule has 2 rings (SSSR count). The number of rotatable bonds is 2. The van der Waals surface area contributed by atoms with Gasteiger partial charge in [-0.3, -0.25) is 0 Å². The van der Waals surface area contributed by atoms with Crippen LogP contribution in [0.5, 0.6) is 0 Å². The number of nitrogens with zero attached hydrogens (tertiary/aromatic N) is 1. The van der Waals surface area contributed by atoms with Gasteiger partial charge in [0.15, 0.2) is 0 Å². The van der Waals surface area contributed by atoms with Gasteiger partial charge in [-0.15, -0.1) is 0 Å². The largest absolute Gasteiger partial charge is 0.416 e. The molecule has 0 heterocycles. The molecule has 2 nitrogen and oxygen atoms in total. The molecule has 2 aromatic rings. The van der Waals surface area contributed by atoms with Crippen molar-refractivity contribution in [2.75, 3.05) is 5.32 Å². The van der Waals surface area contributed by atoms with E-state index >= 15 is 0 Å². The maximum absolute atomic E-state index is 12.8. The smallest absolute Gasteiger partial charge is 0.355 e. The van der Waals surface area contributed by atoms with Gasteiger partial charge in [0.2, 0.25) is 0 Å². The van der Waals surface area contributed by atoms with Gasteiger partial charge in [0.05, 0.1) is 16.1 Å². The highest BCUT2D eigenvalue weighted by atomic mass is 35.5. The SMILES string of the molecule is Cc1ccc(Nc2ccc(C#N)c(Cl)c2)cc1C(F)(F)F. The second kappa shape index (κ2) is 5.66. The van der Waals surface area contributed by atoms with E-state index in [1.807, 2.05) is 6.07 Å². The van der Waals surface area contributed by atoms with Crippen molar-refractivity contribution in [3.8, 4) is 6.07 Å². The molecule has 108 valence electrons. The predicted octanol–water partition coefficient (Wildman–Crippen LogP) is 5.28. The lowest BCUT2D eigenvalue weighted by atomic mass is 10.1. The first kappa shape index (κ1) is 15.2. The Kier molecular flexibility index (Phi) is 4.10. The van der Waals surface area contributed by atoms with Crippen molar-refractivity contribution in [1.82, 2.24) is 0 Å². The Morgan fingerprint density at radius 1 is 1.10 bits per heavy atom. The molecule has 0 saturated carbocycles. The lowest BCUT2D eigenvalue weighted by Gasteiger charge is -2.13. The Bertz CT molecular complexity index is 718. The summed E-state index contributed by atoms with van der Waals surface area (Å²) in [6.45, 7) is 1.41. The Balaban J connectivity index is 2.33. The number of nitriles is 1. The summed E-state index contributed by atoms with van der Waals surface area (Å²) in [4.78, 5) is 0. The van der Waals surface area contributed by atoms with Gasteiger partial charge < -0.3 is 5.32 Å². The molecule has 2 aromatic carbocycles. The molecule has 1 N–H and O–H groups in total. The number of alkyl halides is 3. The van der Waals surface area contributed by atoms with E-state index in [1.54, 1.807) is 12.1 Å². The molecule has 21 heavy (non-hydrogen) atoms. The second-order valence-electron chi connectivity index (χ2n) is 4.46. The number of benzene rings is 2. The van der Waals surface area contributed by atoms with Gasteiger partial charge in [-0.05, 0) is 42.8 Å². The third-order valence-electron chi connectivity index (χ3n) is 2.92. The van der Waals surface area contributed by atoms with E-state index in [9.17, 15) is 13.2 Å². The van der Waals surface area contributed by atoms with Crippen molar-refractivity contribution in [3.05, 3.63) is 58.1 Å². The van der Waals surface area contributed by atoms with Crippen molar-refractivity contribution in [2.45, 2.75) is 13.1 Å². The van der Waals surface area contributed by atoms with Crippen LogP contribution in [0, 0.1) is 18.3 Å². The van der Waals surface area contributed by atoms with Crippen LogP contribution in [0.2, 0.25) is 5.02 Å². The summed E-state index contributed by atoms with van der Waals surface area (Å²) in [6, 6.07) is 10.5. The van der Waals surface area contributed by atoms with Crippen LogP contribution in [-0.2, 0) is 6.18 Å². The zero-order valence-electron chi connectivity index (χ0n) is 10.9. The van der Waals surface area contributed by atoms with Crippen LogP contribution in [0.3, 0.4) is 0 Å². The molecule has 0 aliphatic heterocycles. The summed E-state index contributed by atoms with van der Waals surface area (Å²) < 4.78 is 38.5. The fraction of sp³-hybridized carbons (Fsp3) is 0.133. The Labute approximate surface area is 124 Å². The molecule has 0 aromatic heterocycles. The van der Waals surface area contributed by atoms with Gasteiger partial charge >= 0.3 is 6.18 Å². The van der Waals surface area contributed by atoms with E-state index in [4.69, 9.17) is 16.9 Å². The van der Waals surface area contributed by atoms with E-state index in [2.05, 4.69) is 5.32 Å². The van der Waals surface area contributed by atoms with Crippen LogP contribution in [0.4, 0.5) is 24.5 Å². The molecule has 0 atom stereocenters. The molecule has 0 amide bonds. The van der Waals surface area contributed by atoms with Gasteiger partial charge in [0.25, 0.3) is 0 Å². The molecule has 0 aliphatic carbocycles. The molecule has 0 saturated heterocycles. The summed E-state index contributed by atoms with van der Waals surface area (Å²) in [6.07, 6.45) is -4.40. The van der Waals surface area contributed by atoms with E-state index in [1.165, 1.54) is 25.1 Å². The average Bonchev–Trinajstić information content (AvgIpc) is 2.40. The Hall–Kier alpha value is -2.19. The van der Waals surface area contributed by atoms with Gasteiger partial charge in [-0.25, -0.2) is 0 Å². The summed E-state index contributed by atoms with van der Waals surface area (Å²) in [5.74, 6) is 0. The van der Waals surface area contributed by atoms with Crippen LogP contribution in [-0.4, -0.2) is 0 Å². The van der Waals surface area contributed by atoms with Crippen molar-refractivity contribution in [2.24, 2.45) is 0 Å². The predicted molar refractivity (Wildman–Crippen MR) is 75.6 cm³/mol. The summed E-state index contributed by atoms with van der Waals surface area (Å²) in [7, 11) is 0. The standard InChI is InChI=1S/C15H10ClF3N2/c1-9-2-4-11(6-13(9)15(17,18)19)21-12-5-3-10(8-20)14(16)7-12/h2-7,21H,1H3. The van der Waals surface area contributed by atoms with Crippen molar-refractivity contribution in [3.63, 3.8) is 0 Å².